The molecule has 1 aliphatic carbocycles. The smallest absolute Gasteiger partial charge is 0.353 e. The van der Waals surface area contributed by atoms with Crippen LogP contribution in [-0.2, 0) is 9.53 Å². The summed E-state index contributed by atoms with van der Waals surface area (Å²) in [6.07, 6.45) is 4.79. The minimum atomic E-state index is -0.565. The van der Waals surface area contributed by atoms with E-state index in [1.54, 1.807) is 6.20 Å². The van der Waals surface area contributed by atoms with E-state index in [2.05, 4.69) is 4.98 Å². The quantitative estimate of drug-likeness (QED) is 0.735. The number of aromatic nitrogens is 2. The van der Waals surface area contributed by atoms with Crippen LogP contribution < -0.4 is 11.4 Å². The molecule has 1 aromatic heterocycles. The second-order valence-corrected chi connectivity index (χ2v) is 5.22. The van der Waals surface area contributed by atoms with E-state index in [9.17, 15) is 14.7 Å². The van der Waals surface area contributed by atoms with Gasteiger partial charge in [-0.3, -0.25) is 9.36 Å². The number of ether oxygens (including phenoxy) is 1. The van der Waals surface area contributed by atoms with Crippen molar-refractivity contribution < 1.29 is 14.6 Å². The van der Waals surface area contributed by atoms with Crippen LogP contribution in [0.15, 0.2) is 22.6 Å². The zero-order chi connectivity index (χ0) is 15.5. The first-order chi connectivity index (χ1) is 10.0. The lowest BCUT2D eigenvalue weighted by atomic mass is 10.1. The Morgan fingerprint density at radius 2 is 2.43 bits per heavy atom. The summed E-state index contributed by atoms with van der Waals surface area (Å²) in [6, 6.07) is 1.52. The summed E-state index contributed by atoms with van der Waals surface area (Å²) in [6.45, 7) is 1.90. The topological polar surface area (TPSA) is 107 Å². The number of rotatable bonds is 6. The first kappa shape index (κ1) is 15.2. The molecule has 1 heterocycles. The van der Waals surface area contributed by atoms with Gasteiger partial charge in [-0.05, 0) is 24.5 Å². The predicted octanol–water partition coefficient (Wildman–Crippen LogP) is 0.392. The molecule has 2 rings (SSSR count). The van der Waals surface area contributed by atoms with Crippen LogP contribution in [0.1, 0.15) is 26.2 Å². The number of nitrogens with two attached hydrogens (primary N) is 1. The van der Waals surface area contributed by atoms with Crippen molar-refractivity contribution in [2.45, 2.75) is 26.2 Å². The lowest BCUT2D eigenvalue weighted by Crippen LogP contribution is -2.21. The molecule has 0 amide bonds. The van der Waals surface area contributed by atoms with Crippen molar-refractivity contribution in [3.05, 3.63) is 28.3 Å². The van der Waals surface area contributed by atoms with Gasteiger partial charge in [0.25, 0.3) is 0 Å². The molecule has 114 valence electrons. The highest BCUT2D eigenvalue weighted by Gasteiger charge is 2.49. The lowest BCUT2D eigenvalue weighted by Gasteiger charge is -2.12. The molecule has 0 saturated heterocycles. The molecule has 1 fully saturated rings. The van der Waals surface area contributed by atoms with Gasteiger partial charge in [-0.2, -0.15) is 4.98 Å². The Bertz CT molecular complexity index is 623. The van der Waals surface area contributed by atoms with E-state index in [4.69, 9.17) is 10.5 Å². The molecule has 1 saturated carbocycles. The number of aliphatic hydroxyl groups is 1. The Morgan fingerprint density at radius 3 is 3.05 bits per heavy atom. The third-order valence-electron chi connectivity index (χ3n) is 3.50. The van der Waals surface area contributed by atoms with E-state index in [1.807, 2.05) is 6.92 Å². The minimum absolute atomic E-state index is 0.130. The van der Waals surface area contributed by atoms with Gasteiger partial charge in [-0.15, -0.1) is 0 Å². The van der Waals surface area contributed by atoms with Crippen LogP contribution in [0.25, 0.3) is 6.20 Å². The van der Waals surface area contributed by atoms with Crippen molar-refractivity contribution in [1.82, 2.24) is 9.55 Å². The summed E-state index contributed by atoms with van der Waals surface area (Å²) in [4.78, 5) is 26.6. The average molecular weight is 293 g/mol. The number of carbonyl (C=O) groups is 1. The van der Waals surface area contributed by atoms with E-state index < -0.39 is 11.1 Å². The minimum Gasteiger partial charge on any atom is -0.465 e. The number of nitrogens with zero attached hydrogens (tertiary/aromatic N) is 2. The Balaban J connectivity index is 2.07. The van der Waals surface area contributed by atoms with Crippen LogP contribution in [0.2, 0.25) is 0 Å². The summed E-state index contributed by atoms with van der Waals surface area (Å²) in [5.74, 6) is -0.116. The van der Waals surface area contributed by atoms with Crippen molar-refractivity contribution in [3.63, 3.8) is 0 Å². The lowest BCUT2D eigenvalue weighted by molar-refractivity contribution is -0.145. The molecule has 7 heteroatoms. The Morgan fingerprint density at radius 1 is 1.67 bits per heavy atom. The van der Waals surface area contributed by atoms with E-state index in [-0.39, 0.29) is 25.0 Å². The molecule has 0 aromatic carbocycles. The van der Waals surface area contributed by atoms with Crippen LogP contribution in [0.5, 0.6) is 0 Å². The number of nitrogen functional groups attached to an aromatic ring is 1. The summed E-state index contributed by atoms with van der Waals surface area (Å²) >= 11 is 0. The highest BCUT2D eigenvalue weighted by Crippen LogP contribution is 2.52. The second kappa shape index (κ2) is 6.09. The monoisotopic (exact) mass is 293 g/mol. The average Bonchev–Trinajstić information content (AvgIpc) is 3.14. The first-order valence-electron chi connectivity index (χ1n) is 6.83. The molecule has 7 nitrogen and oxygen atoms in total. The zero-order valence-electron chi connectivity index (χ0n) is 11.9. The molecule has 1 aliphatic rings. The van der Waals surface area contributed by atoms with Gasteiger partial charge in [0.1, 0.15) is 12.4 Å². The number of anilines is 1. The number of hydrogen-bond acceptors (Lipinski definition) is 6. The van der Waals surface area contributed by atoms with Crippen LogP contribution in [0.3, 0.4) is 0 Å². The molecule has 1 aromatic rings. The SMILES string of the molecule is CCCC(=O)OCC1(CO)C/C1=C/n1ccc(N)nc1=O. The van der Waals surface area contributed by atoms with Gasteiger partial charge in [0.05, 0.1) is 12.0 Å². The maximum absolute atomic E-state index is 11.6. The number of carbonyl (C=O) groups excluding carboxylic acids is 1. The Kier molecular flexibility index (Phi) is 4.42. The Hall–Kier alpha value is -2.15. The summed E-state index contributed by atoms with van der Waals surface area (Å²) < 4.78 is 6.46. The standard InChI is InChI=1S/C14H19N3O4/c1-2-3-12(19)21-9-14(8-18)6-10(14)7-17-5-4-11(15)16-13(17)20/h4-5,7,18H,2-3,6,8-9H2,1H3,(H2,15,16,20)/b10-7-. The molecule has 0 radical (unpaired) electrons. The largest absolute Gasteiger partial charge is 0.465 e. The van der Waals surface area contributed by atoms with Gasteiger partial charge in [0, 0.05) is 18.8 Å². The summed E-state index contributed by atoms with van der Waals surface area (Å²) in [5, 5.41) is 9.51. The number of esters is 1. The Labute approximate surface area is 122 Å². The van der Waals surface area contributed by atoms with E-state index in [1.165, 1.54) is 16.8 Å². The number of hydrogen-bond donors (Lipinski definition) is 2. The van der Waals surface area contributed by atoms with E-state index in [0.717, 1.165) is 12.0 Å². The second-order valence-electron chi connectivity index (χ2n) is 5.22. The third-order valence-corrected chi connectivity index (χ3v) is 3.50. The molecule has 1 unspecified atom stereocenters. The molecule has 21 heavy (non-hydrogen) atoms. The molecule has 0 spiro atoms. The van der Waals surface area contributed by atoms with E-state index >= 15 is 0 Å². The maximum Gasteiger partial charge on any atom is 0.353 e. The molecule has 1 atom stereocenters. The van der Waals surface area contributed by atoms with Crippen molar-refractivity contribution in [2.24, 2.45) is 5.41 Å². The van der Waals surface area contributed by atoms with Crippen molar-refractivity contribution >= 4 is 18.0 Å². The van der Waals surface area contributed by atoms with Gasteiger partial charge in [-0.1, -0.05) is 6.92 Å². The predicted molar refractivity (Wildman–Crippen MR) is 77.2 cm³/mol. The molecule has 0 bridgehead atoms. The highest BCUT2D eigenvalue weighted by atomic mass is 16.5. The third kappa shape index (κ3) is 3.49. The number of aliphatic hydroxyl groups excluding tert-OH is 1. The van der Waals surface area contributed by atoms with Gasteiger partial charge >= 0.3 is 11.7 Å². The molecular weight excluding hydrogens is 274 g/mol. The fourth-order valence-corrected chi connectivity index (χ4v) is 2.04. The van der Waals surface area contributed by atoms with Crippen LogP contribution >= 0.6 is 0 Å². The highest BCUT2D eigenvalue weighted by molar-refractivity contribution is 5.69. The first-order valence-corrected chi connectivity index (χ1v) is 6.83. The van der Waals surface area contributed by atoms with Gasteiger partial charge in [0.15, 0.2) is 0 Å². The summed E-state index contributed by atoms with van der Waals surface area (Å²) in [5.41, 5.74) is 5.22. The normalized spacial score (nSPS) is 22.3. The fourth-order valence-electron chi connectivity index (χ4n) is 2.04. The van der Waals surface area contributed by atoms with Gasteiger partial charge in [-0.25, -0.2) is 4.79 Å². The molecule has 0 aliphatic heterocycles. The molecular formula is C14H19N3O4. The van der Waals surface area contributed by atoms with Gasteiger partial charge < -0.3 is 15.6 Å². The van der Waals surface area contributed by atoms with Crippen LogP contribution in [-0.4, -0.2) is 33.8 Å². The van der Waals surface area contributed by atoms with Crippen LogP contribution in [0.4, 0.5) is 5.82 Å². The maximum atomic E-state index is 11.6. The van der Waals surface area contributed by atoms with Crippen LogP contribution in [0, 0.1) is 5.41 Å². The molecule has 3 N–H and O–H groups in total. The van der Waals surface area contributed by atoms with Crippen molar-refractivity contribution in [3.8, 4) is 0 Å². The van der Waals surface area contributed by atoms with Gasteiger partial charge in [0.2, 0.25) is 0 Å². The summed E-state index contributed by atoms with van der Waals surface area (Å²) in [7, 11) is 0. The van der Waals surface area contributed by atoms with E-state index in [0.29, 0.717) is 12.8 Å². The van der Waals surface area contributed by atoms with Crippen molar-refractivity contribution in [1.29, 1.82) is 0 Å². The van der Waals surface area contributed by atoms with Crippen molar-refractivity contribution in [2.75, 3.05) is 18.9 Å². The zero-order valence-corrected chi connectivity index (χ0v) is 11.9. The fraction of sp³-hybridized carbons (Fsp3) is 0.500.